The summed E-state index contributed by atoms with van der Waals surface area (Å²) in [5.74, 6) is -1.03. The van der Waals surface area contributed by atoms with Crippen molar-refractivity contribution in [2.75, 3.05) is 13.7 Å². The number of carbonyl (C=O) groups excluding carboxylic acids is 2. The second kappa shape index (κ2) is 10.7. The van der Waals surface area contributed by atoms with E-state index in [1.165, 1.54) is 7.11 Å². The highest BCUT2D eigenvalue weighted by molar-refractivity contribution is 5.98. The summed E-state index contributed by atoms with van der Waals surface area (Å²) in [4.78, 5) is 24.2. The van der Waals surface area contributed by atoms with E-state index in [2.05, 4.69) is 0 Å². The van der Waals surface area contributed by atoms with Crippen molar-refractivity contribution in [3.05, 3.63) is 33.9 Å². The SMILES string of the molecule is COc1c(C)c2c(c(O)c1C/C=C(\C)CCC(=O)O[C@@H]1O[C@@H](CO)[C@@H](O)[C@H](O)[C@@H]1O)C(=O)OC2. The normalized spacial score (nSPS) is 26.7. The van der Waals surface area contributed by atoms with Crippen LogP contribution in [0.3, 0.4) is 0 Å². The summed E-state index contributed by atoms with van der Waals surface area (Å²) < 4.78 is 20.7. The average Bonchev–Trinajstić information content (AvgIpc) is 3.21. The van der Waals surface area contributed by atoms with Crippen LogP contribution in [-0.2, 0) is 32.0 Å². The molecule has 34 heavy (non-hydrogen) atoms. The number of phenolic OH excluding ortho intramolecular Hbond substituents is 1. The van der Waals surface area contributed by atoms with Crippen molar-refractivity contribution in [3.8, 4) is 11.5 Å². The predicted octanol–water partition coefficient (Wildman–Crippen LogP) is -0.00828. The van der Waals surface area contributed by atoms with Gasteiger partial charge in [0.2, 0.25) is 6.29 Å². The predicted molar refractivity (Wildman–Crippen MR) is 115 cm³/mol. The molecule has 2 aliphatic rings. The van der Waals surface area contributed by atoms with Crippen molar-refractivity contribution >= 4 is 11.9 Å². The summed E-state index contributed by atoms with van der Waals surface area (Å²) in [5.41, 5.74) is 2.67. The van der Waals surface area contributed by atoms with Gasteiger partial charge in [-0.3, -0.25) is 4.79 Å². The van der Waals surface area contributed by atoms with Gasteiger partial charge in [0.25, 0.3) is 0 Å². The largest absolute Gasteiger partial charge is 0.507 e. The number of esters is 2. The summed E-state index contributed by atoms with van der Waals surface area (Å²) >= 11 is 0. The minimum absolute atomic E-state index is 0.0734. The maximum atomic E-state index is 12.2. The van der Waals surface area contributed by atoms with E-state index in [9.17, 15) is 35.1 Å². The number of aromatic hydroxyl groups is 1. The van der Waals surface area contributed by atoms with E-state index in [4.69, 9.17) is 18.9 Å². The molecule has 11 heteroatoms. The van der Waals surface area contributed by atoms with Crippen molar-refractivity contribution < 1.29 is 54.1 Å². The Hall–Kier alpha value is -2.70. The zero-order valence-electron chi connectivity index (χ0n) is 19.2. The Morgan fingerprint density at radius 2 is 1.88 bits per heavy atom. The molecule has 11 nitrogen and oxygen atoms in total. The van der Waals surface area contributed by atoms with Gasteiger partial charge < -0.3 is 44.5 Å². The van der Waals surface area contributed by atoms with Gasteiger partial charge in [-0.2, -0.15) is 0 Å². The van der Waals surface area contributed by atoms with Crippen LogP contribution < -0.4 is 4.74 Å². The number of benzene rings is 1. The number of hydrogen-bond donors (Lipinski definition) is 5. The smallest absolute Gasteiger partial charge is 0.342 e. The number of aliphatic hydroxyl groups is 4. The number of rotatable bonds is 8. The van der Waals surface area contributed by atoms with Crippen molar-refractivity contribution in [1.82, 2.24) is 0 Å². The lowest BCUT2D eigenvalue weighted by molar-refractivity contribution is -0.292. The van der Waals surface area contributed by atoms with E-state index in [0.717, 1.165) is 5.57 Å². The first kappa shape index (κ1) is 25.9. The van der Waals surface area contributed by atoms with Gasteiger partial charge in [0.1, 0.15) is 48.1 Å². The average molecular weight is 482 g/mol. The van der Waals surface area contributed by atoms with E-state index in [1.807, 2.05) is 0 Å². The Balaban J connectivity index is 1.62. The highest BCUT2D eigenvalue weighted by Crippen LogP contribution is 2.42. The number of carbonyl (C=O) groups is 2. The Labute approximate surface area is 196 Å². The lowest BCUT2D eigenvalue weighted by Crippen LogP contribution is -2.59. The lowest BCUT2D eigenvalue weighted by Gasteiger charge is -2.39. The first-order valence-corrected chi connectivity index (χ1v) is 10.8. The zero-order chi connectivity index (χ0) is 25.2. The zero-order valence-corrected chi connectivity index (χ0v) is 19.2. The second-order valence-electron chi connectivity index (χ2n) is 8.36. The Bertz CT molecular complexity index is 968. The molecule has 0 aromatic heterocycles. The molecule has 0 radical (unpaired) electrons. The molecule has 1 fully saturated rings. The van der Waals surface area contributed by atoms with Crippen LogP contribution in [0.5, 0.6) is 11.5 Å². The third kappa shape index (κ3) is 5.03. The molecule has 1 saturated heterocycles. The van der Waals surface area contributed by atoms with Gasteiger partial charge in [-0.15, -0.1) is 0 Å². The van der Waals surface area contributed by atoms with Crippen LogP contribution in [-0.4, -0.2) is 81.9 Å². The van der Waals surface area contributed by atoms with Crippen LogP contribution >= 0.6 is 0 Å². The molecule has 0 bridgehead atoms. The topological polar surface area (TPSA) is 172 Å². The van der Waals surface area contributed by atoms with Gasteiger partial charge in [0.05, 0.1) is 13.7 Å². The first-order valence-electron chi connectivity index (χ1n) is 10.8. The minimum Gasteiger partial charge on any atom is -0.507 e. The highest BCUT2D eigenvalue weighted by Gasteiger charge is 2.45. The summed E-state index contributed by atoms with van der Waals surface area (Å²) in [7, 11) is 1.47. The number of phenols is 1. The molecule has 0 saturated carbocycles. The number of methoxy groups -OCH3 is 1. The molecule has 188 valence electrons. The molecule has 0 unspecified atom stereocenters. The highest BCUT2D eigenvalue weighted by atomic mass is 16.7. The van der Waals surface area contributed by atoms with E-state index in [1.54, 1.807) is 19.9 Å². The number of cyclic esters (lactones) is 1. The molecule has 0 aliphatic carbocycles. The number of hydrogen-bond acceptors (Lipinski definition) is 11. The molecule has 0 amide bonds. The molecule has 1 aromatic rings. The maximum Gasteiger partial charge on any atom is 0.342 e. The summed E-state index contributed by atoms with van der Waals surface area (Å²) in [6.45, 7) is 3.01. The molecule has 3 rings (SSSR count). The van der Waals surface area contributed by atoms with Gasteiger partial charge >= 0.3 is 11.9 Å². The fourth-order valence-corrected chi connectivity index (χ4v) is 4.06. The fraction of sp³-hybridized carbons (Fsp3) is 0.565. The number of aliphatic hydroxyl groups excluding tert-OH is 4. The summed E-state index contributed by atoms with van der Waals surface area (Å²) in [6, 6.07) is 0. The van der Waals surface area contributed by atoms with E-state index in [-0.39, 0.29) is 37.2 Å². The number of ether oxygens (including phenoxy) is 4. The molecular weight excluding hydrogens is 452 g/mol. The van der Waals surface area contributed by atoms with Crippen LogP contribution in [0.25, 0.3) is 0 Å². The van der Waals surface area contributed by atoms with Gasteiger partial charge in [0.15, 0.2) is 0 Å². The Kier molecular flexibility index (Phi) is 8.16. The van der Waals surface area contributed by atoms with E-state index < -0.39 is 49.3 Å². The molecule has 5 N–H and O–H groups in total. The lowest BCUT2D eigenvalue weighted by atomic mass is 9.94. The van der Waals surface area contributed by atoms with Crippen molar-refractivity contribution in [2.45, 2.75) is 70.4 Å². The third-order valence-corrected chi connectivity index (χ3v) is 6.12. The molecule has 2 aliphatic heterocycles. The Morgan fingerprint density at radius 1 is 1.18 bits per heavy atom. The standard InChI is InChI=1S/C23H30O11/c1-10(5-7-15(25)34-23-20(29)19(28)18(27)14(8-24)33-23)4-6-12-17(26)16-13(9-32-22(16)30)11(2)21(12)31-3/h4,14,18-20,23-24,26-29H,5-9H2,1-3H3/b10-4+/t14-,18+,19-,20-,23-/m0/s1. The van der Waals surface area contributed by atoms with Gasteiger partial charge in [-0.05, 0) is 32.3 Å². The maximum absolute atomic E-state index is 12.2. The minimum atomic E-state index is -1.66. The monoisotopic (exact) mass is 482 g/mol. The third-order valence-electron chi connectivity index (χ3n) is 6.12. The summed E-state index contributed by atoms with van der Waals surface area (Å²) in [5, 5.41) is 49.4. The fourth-order valence-electron chi connectivity index (χ4n) is 4.06. The van der Waals surface area contributed by atoms with Crippen LogP contribution in [0.1, 0.15) is 46.8 Å². The number of fused-ring (bicyclic) bond motifs is 1. The molecule has 0 spiro atoms. The van der Waals surface area contributed by atoms with Crippen molar-refractivity contribution in [2.24, 2.45) is 0 Å². The Morgan fingerprint density at radius 3 is 2.53 bits per heavy atom. The van der Waals surface area contributed by atoms with Crippen LogP contribution in [0.15, 0.2) is 11.6 Å². The van der Waals surface area contributed by atoms with Gasteiger partial charge in [-0.25, -0.2) is 4.79 Å². The molecular formula is C23H30O11. The van der Waals surface area contributed by atoms with E-state index in [0.29, 0.717) is 22.4 Å². The summed E-state index contributed by atoms with van der Waals surface area (Å²) in [6.07, 6.45) is -5.31. The first-order chi connectivity index (χ1) is 16.1. The van der Waals surface area contributed by atoms with Crippen LogP contribution in [0.2, 0.25) is 0 Å². The van der Waals surface area contributed by atoms with Gasteiger partial charge in [-0.1, -0.05) is 11.6 Å². The van der Waals surface area contributed by atoms with Crippen molar-refractivity contribution in [1.29, 1.82) is 0 Å². The molecule has 1 aromatic carbocycles. The van der Waals surface area contributed by atoms with Crippen LogP contribution in [0, 0.1) is 6.92 Å². The van der Waals surface area contributed by atoms with Crippen LogP contribution in [0.4, 0.5) is 0 Å². The van der Waals surface area contributed by atoms with Crippen molar-refractivity contribution in [3.63, 3.8) is 0 Å². The quantitative estimate of drug-likeness (QED) is 0.249. The second-order valence-corrected chi connectivity index (χ2v) is 8.36. The number of allylic oxidation sites excluding steroid dienone is 2. The molecule has 5 atom stereocenters. The molecule has 2 heterocycles. The van der Waals surface area contributed by atoms with Gasteiger partial charge in [0, 0.05) is 17.5 Å². The van der Waals surface area contributed by atoms with E-state index >= 15 is 0 Å².